The smallest absolute Gasteiger partial charge is 0.240 e. The van der Waals surface area contributed by atoms with Crippen LogP contribution in [0.2, 0.25) is 0 Å². The van der Waals surface area contributed by atoms with Crippen molar-refractivity contribution >= 4 is 34.7 Å². The Morgan fingerprint density at radius 1 is 1.39 bits per heavy atom. The lowest BCUT2D eigenvalue weighted by Crippen LogP contribution is -2.50. The van der Waals surface area contributed by atoms with E-state index in [1.54, 1.807) is 13.0 Å². The minimum Gasteiger partial charge on any atom is -0.378 e. The van der Waals surface area contributed by atoms with E-state index in [4.69, 9.17) is 15.7 Å². The summed E-state index contributed by atoms with van der Waals surface area (Å²) in [7, 11) is 0. The summed E-state index contributed by atoms with van der Waals surface area (Å²) in [5.74, 6) is -1.33. The first-order chi connectivity index (χ1) is 17.2. The van der Waals surface area contributed by atoms with Gasteiger partial charge in [-0.25, -0.2) is 8.78 Å². The van der Waals surface area contributed by atoms with Crippen molar-refractivity contribution in [2.75, 3.05) is 13.2 Å². The number of morpholine rings is 1. The molecule has 5 atom stereocenters. The number of nitriles is 1. The van der Waals surface area contributed by atoms with Gasteiger partial charge in [0.05, 0.1) is 35.5 Å². The zero-order valence-corrected chi connectivity index (χ0v) is 20.3. The molecule has 2 aliphatic heterocycles. The highest BCUT2D eigenvalue weighted by molar-refractivity contribution is 8.15. The van der Waals surface area contributed by atoms with Crippen molar-refractivity contribution in [1.82, 2.24) is 9.88 Å². The van der Waals surface area contributed by atoms with Crippen molar-refractivity contribution in [3.63, 3.8) is 0 Å². The van der Waals surface area contributed by atoms with Gasteiger partial charge in [0.1, 0.15) is 22.5 Å². The molecule has 1 unspecified atom stereocenters. The summed E-state index contributed by atoms with van der Waals surface area (Å²) in [6.07, 6.45) is 4.05. The fraction of sp³-hybridized carbons (Fsp3) is 0.385. The van der Waals surface area contributed by atoms with E-state index in [1.165, 1.54) is 48.3 Å². The number of benzene rings is 1. The van der Waals surface area contributed by atoms with Crippen molar-refractivity contribution in [2.45, 2.75) is 42.2 Å². The van der Waals surface area contributed by atoms with Crippen LogP contribution in [0.3, 0.4) is 0 Å². The summed E-state index contributed by atoms with van der Waals surface area (Å²) >= 11 is 1.27. The van der Waals surface area contributed by atoms with Crippen molar-refractivity contribution in [3.05, 3.63) is 64.7 Å². The molecule has 3 fully saturated rings. The van der Waals surface area contributed by atoms with Crippen LogP contribution in [0, 0.1) is 23.1 Å². The molecule has 4 aliphatic rings. The third-order valence-electron chi connectivity index (χ3n) is 7.57. The quantitative estimate of drug-likeness (QED) is 0.678. The Morgan fingerprint density at radius 2 is 2.22 bits per heavy atom. The summed E-state index contributed by atoms with van der Waals surface area (Å²) in [4.78, 5) is 24.2. The van der Waals surface area contributed by atoms with E-state index in [1.807, 2.05) is 11.0 Å². The summed E-state index contributed by atoms with van der Waals surface area (Å²) in [5.41, 5.74) is 6.24. The maximum atomic E-state index is 15.2. The first-order valence-electron chi connectivity index (χ1n) is 11.8. The first-order valence-corrected chi connectivity index (χ1v) is 12.6. The zero-order chi connectivity index (χ0) is 25.2. The van der Waals surface area contributed by atoms with Gasteiger partial charge in [0, 0.05) is 24.2 Å². The Bertz CT molecular complexity index is 1370. The molecule has 3 heterocycles. The van der Waals surface area contributed by atoms with Crippen LogP contribution >= 0.6 is 11.8 Å². The fourth-order valence-electron chi connectivity index (χ4n) is 5.53. The van der Waals surface area contributed by atoms with Crippen LogP contribution < -0.4 is 5.73 Å². The molecule has 2 aliphatic carbocycles. The van der Waals surface area contributed by atoms with E-state index in [9.17, 15) is 9.18 Å². The standard InChI is InChI=1S/C26H23F2N5O2S/c1-25(16-8-14(2-4-17(16)27)9-18(28)19-5-3-15(12-29)13-31-19)22-11-26(22,36-24(30)32-25)23(34)33-6-7-35-21-10-20(21)33/h2-5,8-9,13,20-22H,6-7,10-11H2,1H3,(H2,30,32)/b18-9-/t20-,21?,22+,25-,26+/m1/s1. The average Bonchev–Trinajstić information content (AvgIpc) is 3.79. The van der Waals surface area contributed by atoms with Gasteiger partial charge >= 0.3 is 0 Å². The Balaban J connectivity index is 1.32. The summed E-state index contributed by atoms with van der Waals surface area (Å²) < 4.78 is 35.0. The SMILES string of the molecule is C[C@]1(c2cc(/C=C(\F)c3ccc(C#N)cn3)ccc2F)N=C(N)S[C@@]2(C(=O)N3CCOC4C[C@H]43)C[C@H]21. The molecule has 10 heteroatoms. The number of fused-ring (bicyclic) bond motifs is 2. The van der Waals surface area contributed by atoms with Crippen molar-refractivity contribution in [1.29, 1.82) is 5.26 Å². The summed E-state index contributed by atoms with van der Waals surface area (Å²) in [6.45, 7) is 2.85. The number of carbonyl (C=O) groups excluding carboxylic acids is 1. The highest BCUT2D eigenvalue weighted by Crippen LogP contribution is 2.67. The van der Waals surface area contributed by atoms with Gasteiger partial charge in [0.2, 0.25) is 5.91 Å². The number of pyridine rings is 1. The van der Waals surface area contributed by atoms with E-state index < -0.39 is 21.9 Å². The van der Waals surface area contributed by atoms with Gasteiger partial charge in [0.15, 0.2) is 5.17 Å². The number of hydrogen-bond donors (Lipinski definition) is 1. The van der Waals surface area contributed by atoms with E-state index in [2.05, 4.69) is 9.98 Å². The molecule has 2 saturated carbocycles. The van der Waals surface area contributed by atoms with Crippen LogP contribution in [0.15, 0.2) is 41.5 Å². The van der Waals surface area contributed by atoms with E-state index in [-0.39, 0.29) is 40.4 Å². The van der Waals surface area contributed by atoms with Crippen LogP contribution in [0.25, 0.3) is 11.9 Å². The van der Waals surface area contributed by atoms with Gasteiger partial charge in [-0.3, -0.25) is 14.8 Å². The maximum Gasteiger partial charge on any atom is 0.240 e. The number of aliphatic imine (C=N–C) groups is 1. The lowest BCUT2D eigenvalue weighted by Gasteiger charge is -2.37. The number of amidine groups is 1. The highest BCUT2D eigenvalue weighted by Gasteiger charge is 2.72. The molecule has 7 nitrogen and oxygen atoms in total. The normalized spacial score (nSPS) is 32.6. The van der Waals surface area contributed by atoms with Gasteiger partial charge in [-0.15, -0.1) is 0 Å². The second kappa shape index (κ2) is 8.11. The minimum atomic E-state index is -1.07. The lowest BCUT2D eigenvalue weighted by molar-refractivity contribution is -0.136. The van der Waals surface area contributed by atoms with Gasteiger partial charge in [-0.1, -0.05) is 17.8 Å². The molecular weight excluding hydrogens is 484 g/mol. The molecule has 184 valence electrons. The molecule has 0 radical (unpaired) electrons. The number of ether oxygens (including phenoxy) is 1. The minimum absolute atomic E-state index is 0.0202. The van der Waals surface area contributed by atoms with E-state index >= 15 is 4.39 Å². The van der Waals surface area contributed by atoms with Crippen LogP contribution in [0.1, 0.15) is 42.1 Å². The van der Waals surface area contributed by atoms with Gasteiger partial charge in [-0.2, -0.15) is 5.26 Å². The number of nitrogens with zero attached hydrogens (tertiary/aromatic N) is 4. The molecule has 2 N–H and O–H groups in total. The summed E-state index contributed by atoms with van der Waals surface area (Å²) in [5, 5.41) is 9.15. The Hall–Kier alpha value is -3.29. The molecule has 0 spiro atoms. The number of hydrogen-bond acceptors (Lipinski definition) is 7. The highest BCUT2D eigenvalue weighted by atomic mass is 32.2. The molecule has 36 heavy (non-hydrogen) atoms. The number of halogens is 2. The summed E-state index contributed by atoms with van der Waals surface area (Å²) in [6, 6.07) is 9.26. The number of nitrogens with two attached hydrogens (primary N) is 1. The van der Waals surface area contributed by atoms with Crippen LogP contribution in [-0.2, 0) is 15.1 Å². The number of aromatic nitrogens is 1. The molecule has 0 bridgehead atoms. The third kappa shape index (κ3) is 3.61. The van der Waals surface area contributed by atoms with Crippen LogP contribution in [0.5, 0.6) is 0 Å². The van der Waals surface area contributed by atoms with E-state index in [0.717, 1.165) is 6.42 Å². The Labute approximate surface area is 211 Å². The molecule has 1 amide bonds. The number of amides is 1. The number of rotatable bonds is 4. The molecule has 1 aromatic heterocycles. The van der Waals surface area contributed by atoms with Crippen molar-refractivity contribution in [2.24, 2.45) is 16.6 Å². The van der Waals surface area contributed by atoms with Crippen molar-refractivity contribution in [3.8, 4) is 6.07 Å². The maximum absolute atomic E-state index is 15.2. The van der Waals surface area contributed by atoms with Gasteiger partial charge in [-0.05, 0) is 55.7 Å². The molecule has 1 aromatic carbocycles. The lowest BCUT2D eigenvalue weighted by atomic mass is 9.84. The molecule has 6 rings (SSSR count). The molecular formula is C26H23F2N5O2S. The second-order valence-electron chi connectivity index (χ2n) is 9.83. The first kappa shape index (κ1) is 23.1. The van der Waals surface area contributed by atoms with Gasteiger partial charge in [0.25, 0.3) is 0 Å². The number of carbonyl (C=O) groups is 1. The van der Waals surface area contributed by atoms with Crippen molar-refractivity contribution < 1.29 is 18.3 Å². The number of thioether (sulfide) groups is 1. The topological polar surface area (TPSA) is 105 Å². The van der Waals surface area contributed by atoms with Gasteiger partial charge < -0.3 is 15.4 Å². The second-order valence-corrected chi connectivity index (χ2v) is 11.2. The largest absolute Gasteiger partial charge is 0.378 e. The monoisotopic (exact) mass is 507 g/mol. The zero-order valence-electron chi connectivity index (χ0n) is 19.4. The predicted molar refractivity (Wildman–Crippen MR) is 132 cm³/mol. The van der Waals surface area contributed by atoms with Crippen LogP contribution in [0.4, 0.5) is 8.78 Å². The molecule has 2 aromatic rings. The Kier molecular flexibility index (Phi) is 5.21. The molecule has 1 saturated heterocycles. The third-order valence-corrected chi connectivity index (χ3v) is 8.86. The fourth-order valence-corrected chi connectivity index (χ4v) is 6.96. The average molecular weight is 508 g/mol. The van der Waals surface area contributed by atoms with Crippen LogP contribution in [-0.4, -0.2) is 51.0 Å². The predicted octanol–water partition coefficient (Wildman–Crippen LogP) is 3.60. The Morgan fingerprint density at radius 3 is 2.97 bits per heavy atom. The van der Waals surface area contributed by atoms with E-state index in [0.29, 0.717) is 30.7 Å².